The number of fused-ring (bicyclic) bond motifs is 1. The highest BCUT2D eigenvalue weighted by Crippen LogP contribution is 2.35. The predicted octanol–water partition coefficient (Wildman–Crippen LogP) is 3.88. The Kier molecular flexibility index (Phi) is 7.15. The van der Waals surface area contributed by atoms with E-state index in [2.05, 4.69) is 23.7 Å². The van der Waals surface area contributed by atoms with Crippen LogP contribution < -0.4 is 5.32 Å². The number of carbonyl (C=O) groups is 2. The molecule has 1 aliphatic heterocycles. The largest absolute Gasteiger partial charge is 0.334 e. The monoisotopic (exact) mass is 417 g/mol. The maximum Gasteiger partial charge on any atom is 0.238 e. The normalized spacial score (nSPS) is 16.1. The van der Waals surface area contributed by atoms with Crippen molar-refractivity contribution in [3.8, 4) is 0 Å². The van der Waals surface area contributed by atoms with Gasteiger partial charge in [0.05, 0.1) is 24.8 Å². The molecule has 7 heteroatoms. The van der Waals surface area contributed by atoms with E-state index in [1.165, 1.54) is 10.4 Å². The molecule has 3 rings (SSSR count). The van der Waals surface area contributed by atoms with Gasteiger partial charge >= 0.3 is 0 Å². The number of thioether (sulfide) groups is 1. The van der Waals surface area contributed by atoms with E-state index >= 15 is 0 Å². The zero-order valence-corrected chi connectivity index (χ0v) is 18.2. The minimum Gasteiger partial charge on any atom is -0.334 e. The number of benzene rings is 1. The molecule has 0 radical (unpaired) electrons. The molecule has 0 bridgehead atoms. The second-order valence-electron chi connectivity index (χ2n) is 6.98. The number of hydrogen-bond acceptors (Lipinski definition) is 5. The Morgan fingerprint density at radius 3 is 2.82 bits per heavy atom. The molecule has 0 fully saturated rings. The van der Waals surface area contributed by atoms with Crippen molar-refractivity contribution in [2.75, 3.05) is 38.3 Å². The standard InChI is InChI=1S/C21H27N3O2S2/c1-4-17-15-10-12-28-18(15)9-11-24(17)21(26)14-23(2)13-20(25)22-16-7-5-6-8-19(16)27-3/h5-8,10,12,17H,4,9,11,13-14H2,1-3H3,(H,22,25). The molecule has 0 saturated heterocycles. The first kappa shape index (κ1) is 20.9. The number of anilines is 1. The van der Waals surface area contributed by atoms with Crippen LogP contribution in [0.4, 0.5) is 5.69 Å². The van der Waals surface area contributed by atoms with Crippen LogP contribution in [0, 0.1) is 0 Å². The third-order valence-corrected chi connectivity index (χ3v) is 6.79. The lowest BCUT2D eigenvalue weighted by Crippen LogP contribution is -2.45. The molecule has 1 atom stereocenters. The number of nitrogens with zero attached hydrogens (tertiary/aromatic N) is 2. The highest BCUT2D eigenvalue weighted by molar-refractivity contribution is 7.98. The highest BCUT2D eigenvalue weighted by atomic mass is 32.2. The van der Waals surface area contributed by atoms with E-state index in [0.717, 1.165) is 30.0 Å². The van der Waals surface area contributed by atoms with Gasteiger partial charge in [0, 0.05) is 16.3 Å². The summed E-state index contributed by atoms with van der Waals surface area (Å²) in [6.07, 6.45) is 3.81. The molecule has 2 heterocycles. The molecular weight excluding hydrogens is 390 g/mol. The summed E-state index contributed by atoms with van der Waals surface area (Å²) in [5.74, 6) is -0.0221. The van der Waals surface area contributed by atoms with Crippen molar-refractivity contribution in [3.63, 3.8) is 0 Å². The average molecular weight is 418 g/mol. The van der Waals surface area contributed by atoms with Crippen molar-refractivity contribution in [2.45, 2.75) is 30.7 Å². The molecule has 0 saturated carbocycles. The minimum atomic E-state index is -0.109. The van der Waals surface area contributed by atoms with Gasteiger partial charge in [-0.25, -0.2) is 0 Å². The summed E-state index contributed by atoms with van der Waals surface area (Å²) in [4.78, 5) is 31.5. The Hall–Kier alpha value is -1.83. The third kappa shape index (κ3) is 4.77. The van der Waals surface area contributed by atoms with Gasteiger partial charge in [-0.3, -0.25) is 14.5 Å². The fourth-order valence-electron chi connectivity index (χ4n) is 3.70. The highest BCUT2D eigenvalue weighted by Gasteiger charge is 2.30. The van der Waals surface area contributed by atoms with Crippen molar-refractivity contribution in [3.05, 3.63) is 46.2 Å². The topological polar surface area (TPSA) is 52.7 Å². The molecule has 150 valence electrons. The minimum absolute atomic E-state index is 0.0866. The summed E-state index contributed by atoms with van der Waals surface area (Å²) in [5, 5.41) is 5.06. The van der Waals surface area contributed by atoms with Crippen LogP contribution in [0.15, 0.2) is 40.6 Å². The molecule has 1 unspecified atom stereocenters. The molecule has 1 aromatic carbocycles. The Labute approximate surface area is 175 Å². The Bertz CT molecular complexity index is 837. The molecule has 2 aromatic rings. The van der Waals surface area contributed by atoms with Crippen molar-refractivity contribution in [1.82, 2.24) is 9.80 Å². The first-order valence-corrected chi connectivity index (χ1v) is 11.6. The van der Waals surface area contributed by atoms with Crippen LogP contribution in [0.2, 0.25) is 0 Å². The first-order valence-electron chi connectivity index (χ1n) is 9.50. The molecule has 1 aromatic heterocycles. The fraction of sp³-hybridized carbons (Fsp3) is 0.429. The van der Waals surface area contributed by atoms with Crippen LogP contribution in [0.25, 0.3) is 0 Å². The van der Waals surface area contributed by atoms with Gasteiger partial charge in [-0.2, -0.15) is 0 Å². The quantitative estimate of drug-likeness (QED) is 0.695. The van der Waals surface area contributed by atoms with Crippen LogP contribution in [-0.4, -0.2) is 54.6 Å². The smallest absolute Gasteiger partial charge is 0.238 e. The lowest BCUT2D eigenvalue weighted by Gasteiger charge is -2.36. The van der Waals surface area contributed by atoms with Gasteiger partial charge in [-0.15, -0.1) is 23.1 Å². The number of para-hydroxylation sites is 1. The van der Waals surface area contributed by atoms with Gasteiger partial charge in [-0.05, 0) is 55.3 Å². The first-order chi connectivity index (χ1) is 13.5. The molecule has 28 heavy (non-hydrogen) atoms. The number of likely N-dealkylation sites (N-methyl/N-ethyl adjacent to an activating group) is 1. The van der Waals surface area contributed by atoms with Gasteiger partial charge in [0.25, 0.3) is 0 Å². The number of nitrogens with one attached hydrogen (secondary N) is 1. The summed E-state index contributed by atoms with van der Waals surface area (Å²) in [6, 6.07) is 10.0. The van der Waals surface area contributed by atoms with Crippen molar-refractivity contribution in [1.29, 1.82) is 0 Å². The Morgan fingerprint density at radius 2 is 2.07 bits per heavy atom. The summed E-state index contributed by atoms with van der Waals surface area (Å²) < 4.78 is 0. The maximum atomic E-state index is 12.9. The summed E-state index contributed by atoms with van der Waals surface area (Å²) in [6.45, 7) is 3.31. The van der Waals surface area contributed by atoms with E-state index in [0.29, 0.717) is 0 Å². The van der Waals surface area contributed by atoms with Gasteiger partial charge in [0.15, 0.2) is 0 Å². The van der Waals surface area contributed by atoms with Gasteiger partial charge in [0.2, 0.25) is 11.8 Å². The number of thiophene rings is 1. The summed E-state index contributed by atoms with van der Waals surface area (Å²) in [7, 11) is 1.82. The van der Waals surface area contributed by atoms with Crippen LogP contribution in [0.3, 0.4) is 0 Å². The maximum absolute atomic E-state index is 12.9. The molecule has 5 nitrogen and oxygen atoms in total. The zero-order valence-electron chi connectivity index (χ0n) is 16.6. The number of hydrogen-bond donors (Lipinski definition) is 1. The molecule has 0 spiro atoms. The molecule has 1 N–H and O–H groups in total. The van der Waals surface area contributed by atoms with E-state index < -0.39 is 0 Å². The average Bonchev–Trinajstić information content (AvgIpc) is 3.16. The SMILES string of the molecule is CCC1c2ccsc2CCN1C(=O)CN(C)CC(=O)Nc1ccccc1SC. The van der Waals surface area contributed by atoms with Crippen LogP contribution >= 0.6 is 23.1 Å². The number of rotatable bonds is 7. The molecule has 0 aliphatic carbocycles. The van der Waals surface area contributed by atoms with E-state index in [-0.39, 0.29) is 30.9 Å². The Balaban J connectivity index is 1.56. The van der Waals surface area contributed by atoms with Gasteiger partial charge < -0.3 is 10.2 Å². The van der Waals surface area contributed by atoms with Crippen molar-refractivity contribution < 1.29 is 9.59 Å². The number of carbonyl (C=O) groups excluding carboxylic acids is 2. The predicted molar refractivity (Wildman–Crippen MR) is 117 cm³/mol. The molecule has 1 aliphatic rings. The second kappa shape index (κ2) is 9.58. The molecular formula is C21H27N3O2S2. The van der Waals surface area contributed by atoms with E-state index in [1.807, 2.05) is 42.5 Å². The van der Waals surface area contributed by atoms with Gasteiger partial charge in [-0.1, -0.05) is 19.1 Å². The van der Waals surface area contributed by atoms with E-state index in [9.17, 15) is 9.59 Å². The zero-order chi connectivity index (χ0) is 20.1. The Morgan fingerprint density at radius 1 is 1.29 bits per heavy atom. The van der Waals surface area contributed by atoms with E-state index in [4.69, 9.17) is 0 Å². The third-order valence-electron chi connectivity index (χ3n) is 5.00. The second-order valence-corrected chi connectivity index (χ2v) is 8.83. The van der Waals surface area contributed by atoms with E-state index in [1.54, 1.807) is 28.0 Å². The van der Waals surface area contributed by atoms with Crippen molar-refractivity contribution >= 4 is 40.6 Å². The molecule has 2 amide bonds. The summed E-state index contributed by atoms with van der Waals surface area (Å²) in [5.41, 5.74) is 2.10. The van der Waals surface area contributed by atoms with Crippen LogP contribution in [0.1, 0.15) is 29.8 Å². The van der Waals surface area contributed by atoms with Crippen LogP contribution in [0.5, 0.6) is 0 Å². The number of amides is 2. The fourth-order valence-corrected chi connectivity index (χ4v) is 5.18. The van der Waals surface area contributed by atoms with Crippen molar-refractivity contribution in [2.24, 2.45) is 0 Å². The lowest BCUT2D eigenvalue weighted by molar-refractivity contribution is -0.135. The van der Waals surface area contributed by atoms with Crippen LogP contribution in [-0.2, 0) is 16.0 Å². The lowest BCUT2D eigenvalue weighted by atomic mass is 9.98. The van der Waals surface area contributed by atoms with Gasteiger partial charge in [0.1, 0.15) is 0 Å². The summed E-state index contributed by atoms with van der Waals surface area (Å²) >= 11 is 3.38.